The summed E-state index contributed by atoms with van der Waals surface area (Å²) in [5.74, 6) is 1.31. The zero-order chi connectivity index (χ0) is 19.4. The number of hydrogen-bond donors (Lipinski definition) is 1. The van der Waals surface area contributed by atoms with Crippen LogP contribution in [0.2, 0.25) is 0 Å². The molecule has 0 unspecified atom stereocenters. The van der Waals surface area contributed by atoms with Crippen LogP contribution in [0.25, 0.3) is 11.4 Å². The van der Waals surface area contributed by atoms with Crippen molar-refractivity contribution in [3.8, 4) is 11.4 Å². The fourth-order valence-electron chi connectivity index (χ4n) is 3.36. The van der Waals surface area contributed by atoms with E-state index in [0.29, 0.717) is 22.5 Å². The van der Waals surface area contributed by atoms with Crippen LogP contribution in [0.1, 0.15) is 32.6 Å². The van der Waals surface area contributed by atoms with Crippen molar-refractivity contribution in [3.05, 3.63) is 34.4 Å². The number of benzene rings is 1. The Morgan fingerprint density at radius 3 is 2.89 bits per heavy atom. The van der Waals surface area contributed by atoms with Crippen molar-refractivity contribution in [1.82, 2.24) is 20.1 Å². The molecule has 1 aliphatic carbocycles. The summed E-state index contributed by atoms with van der Waals surface area (Å²) in [6.07, 6.45) is 4.60. The van der Waals surface area contributed by atoms with E-state index in [4.69, 9.17) is 0 Å². The van der Waals surface area contributed by atoms with Crippen molar-refractivity contribution in [3.63, 3.8) is 0 Å². The molecule has 1 heterocycles. The highest BCUT2D eigenvalue weighted by molar-refractivity contribution is 7.99. The summed E-state index contributed by atoms with van der Waals surface area (Å²) in [6, 6.07) is 6.53. The SMILES string of the molecule is C[C@H]1CCCC[C@H]1NC(=O)CSc1nnc(-c2cccc([N+](=O)[O-])c2)n1C. The fourth-order valence-corrected chi connectivity index (χ4v) is 4.08. The molecule has 2 aromatic rings. The second-order valence-electron chi connectivity index (χ2n) is 6.90. The zero-order valence-corrected chi connectivity index (χ0v) is 16.2. The molecule has 144 valence electrons. The lowest BCUT2D eigenvalue weighted by atomic mass is 9.86. The smallest absolute Gasteiger partial charge is 0.270 e. The first-order chi connectivity index (χ1) is 13.0. The van der Waals surface area contributed by atoms with Crippen molar-refractivity contribution in [2.45, 2.75) is 43.8 Å². The molecule has 1 fully saturated rings. The standard InChI is InChI=1S/C18H23N5O3S/c1-12-6-3-4-9-15(12)19-16(24)11-27-18-21-20-17(22(18)2)13-7-5-8-14(10-13)23(25)26/h5,7-8,10,12,15H,3-4,6,9,11H2,1-2H3,(H,19,24)/t12-,15+/m0/s1. The first kappa shape index (κ1) is 19.3. The number of carbonyl (C=O) groups is 1. The van der Waals surface area contributed by atoms with Crippen LogP contribution < -0.4 is 5.32 Å². The van der Waals surface area contributed by atoms with Gasteiger partial charge in [-0.2, -0.15) is 0 Å². The molecular formula is C18H23N5O3S. The van der Waals surface area contributed by atoms with E-state index in [1.54, 1.807) is 23.7 Å². The molecular weight excluding hydrogens is 366 g/mol. The van der Waals surface area contributed by atoms with Crippen LogP contribution in [0.15, 0.2) is 29.4 Å². The number of nitro benzene ring substituents is 1. The second kappa shape index (κ2) is 8.51. The Hall–Kier alpha value is -2.42. The molecule has 1 aromatic carbocycles. The van der Waals surface area contributed by atoms with Gasteiger partial charge in [-0.15, -0.1) is 10.2 Å². The molecule has 1 saturated carbocycles. The number of nitrogens with one attached hydrogen (secondary N) is 1. The average Bonchev–Trinajstić information content (AvgIpc) is 3.02. The number of non-ortho nitro benzene ring substituents is 1. The molecule has 0 bridgehead atoms. The average molecular weight is 389 g/mol. The van der Waals surface area contributed by atoms with Crippen molar-refractivity contribution >= 4 is 23.4 Å². The summed E-state index contributed by atoms with van der Waals surface area (Å²) in [7, 11) is 1.79. The molecule has 2 atom stereocenters. The summed E-state index contributed by atoms with van der Waals surface area (Å²) < 4.78 is 1.75. The van der Waals surface area contributed by atoms with E-state index in [0.717, 1.165) is 19.3 Å². The number of hydrogen-bond acceptors (Lipinski definition) is 6. The van der Waals surface area contributed by atoms with Crippen LogP contribution in [0.3, 0.4) is 0 Å². The molecule has 1 amide bonds. The highest BCUT2D eigenvalue weighted by atomic mass is 32.2. The summed E-state index contributed by atoms with van der Waals surface area (Å²) in [5.41, 5.74) is 0.622. The van der Waals surface area contributed by atoms with Crippen molar-refractivity contribution < 1.29 is 9.72 Å². The molecule has 1 aliphatic rings. The molecule has 0 spiro atoms. The van der Waals surface area contributed by atoms with E-state index >= 15 is 0 Å². The lowest BCUT2D eigenvalue weighted by molar-refractivity contribution is -0.384. The number of nitro groups is 1. The maximum Gasteiger partial charge on any atom is 0.270 e. The van der Waals surface area contributed by atoms with Gasteiger partial charge in [0.25, 0.3) is 5.69 Å². The predicted octanol–water partition coefficient (Wildman–Crippen LogP) is 3.18. The van der Waals surface area contributed by atoms with E-state index in [9.17, 15) is 14.9 Å². The third-order valence-corrected chi connectivity index (χ3v) is 5.96. The van der Waals surface area contributed by atoms with Crippen LogP contribution in [-0.4, -0.2) is 37.4 Å². The molecule has 3 rings (SSSR count). The Labute approximate surface area is 161 Å². The number of rotatable bonds is 6. The lowest BCUT2D eigenvalue weighted by Gasteiger charge is -2.29. The fraction of sp³-hybridized carbons (Fsp3) is 0.500. The minimum Gasteiger partial charge on any atom is -0.352 e. The predicted molar refractivity (Wildman–Crippen MR) is 103 cm³/mol. The second-order valence-corrected chi connectivity index (χ2v) is 7.84. The van der Waals surface area contributed by atoms with Crippen LogP contribution >= 0.6 is 11.8 Å². The number of aromatic nitrogens is 3. The van der Waals surface area contributed by atoms with Gasteiger partial charge in [0.2, 0.25) is 5.91 Å². The van der Waals surface area contributed by atoms with E-state index in [2.05, 4.69) is 22.4 Å². The number of thioether (sulfide) groups is 1. The Bertz CT molecular complexity index is 838. The molecule has 1 N–H and O–H groups in total. The van der Waals surface area contributed by atoms with Gasteiger partial charge in [0, 0.05) is 30.8 Å². The Morgan fingerprint density at radius 1 is 1.37 bits per heavy atom. The van der Waals surface area contributed by atoms with Crippen molar-refractivity contribution in [2.75, 3.05) is 5.75 Å². The van der Waals surface area contributed by atoms with E-state index in [1.807, 2.05) is 0 Å². The minimum absolute atomic E-state index is 0.00125. The van der Waals surface area contributed by atoms with Crippen LogP contribution in [0.5, 0.6) is 0 Å². The first-order valence-electron chi connectivity index (χ1n) is 9.02. The Kier molecular flexibility index (Phi) is 6.10. The van der Waals surface area contributed by atoms with Crippen molar-refractivity contribution in [2.24, 2.45) is 13.0 Å². The van der Waals surface area contributed by atoms with Gasteiger partial charge in [-0.3, -0.25) is 14.9 Å². The summed E-state index contributed by atoms with van der Waals surface area (Å²) in [4.78, 5) is 22.8. The van der Waals surface area contributed by atoms with Gasteiger partial charge in [0.15, 0.2) is 11.0 Å². The van der Waals surface area contributed by atoms with Crippen molar-refractivity contribution in [1.29, 1.82) is 0 Å². The monoisotopic (exact) mass is 389 g/mol. The van der Waals surface area contributed by atoms with Gasteiger partial charge in [0.05, 0.1) is 10.7 Å². The highest BCUT2D eigenvalue weighted by Gasteiger charge is 2.23. The molecule has 27 heavy (non-hydrogen) atoms. The summed E-state index contributed by atoms with van der Waals surface area (Å²) in [6.45, 7) is 2.19. The number of nitrogens with zero attached hydrogens (tertiary/aromatic N) is 4. The van der Waals surface area contributed by atoms with Crippen LogP contribution in [0.4, 0.5) is 5.69 Å². The highest BCUT2D eigenvalue weighted by Crippen LogP contribution is 2.26. The normalized spacial score (nSPS) is 19.6. The third-order valence-electron chi connectivity index (χ3n) is 4.94. The lowest BCUT2D eigenvalue weighted by Crippen LogP contribution is -2.41. The van der Waals surface area contributed by atoms with Crippen LogP contribution in [0, 0.1) is 16.0 Å². The number of amides is 1. The van der Waals surface area contributed by atoms with E-state index in [-0.39, 0.29) is 23.4 Å². The Balaban J connectivity index is 1.63. The quantitative estimate of drug-likeness (QED) is 0.462. The molecule has 0 saturated heterocycles. The van der Waals surface area contributed by atoms with Gasteiger partial charge < -0.3 is 9.88 Å². The van der Waals surface area contributed by atoms with Gasteiger partial charge in [0.1, 0.15) is 0 Å². The zero-order valence-electron chi connectivity index (χ0n) is 15.4. The molecule has 8 nitrogen and oxygen atoms in total. The molecule has 9 heteroatoms. The van der Waals surface area contributed by atoms with Gasteiger partial charge in [-0.1, -0.05) is 43.7 Å². The van der Waals surface area contributed by atoms with Gasteiger partial charge in [-0.05, 0) is 18.8 Å². The molecule has 0 radical (unpaired) electrons. The van der Waals surface area contributed by atoms with E-state index < -0.39 is 4.92 Å². The van der Waals surface area contributed by atoms with Gasteiger partial charge in [-0.25, -0.2) is 0 Å². The maximum atomic E-state index is 12.3. The maximum absolute atomic E-state index is 12.3. The summed E-state index contributed by atoms with van der Waals surface area (Å²) >= 11 is 1.31. The largest absolute Gasteiger partial charge is 0.352 e. The summed E-state index contributed by atoms with van der Waals surface area (Å²) in [5, 5.41) is 22.9. The van der Waals surface area contributed by atoms with Gasteiger partial charge >= 0.3 is 0 Å². The third kappa shape index (κ3) is 4.65. The minimum atomic E-state index is -0.438. The van der Waals surface area contributed by atoms with E-state index in [1.165, 1.54) is 30.3 Å². The number of carbonyl (C=O) groups excluding carboxylic acids is 1. The molecule has 1 aromatic heterocycles. The van der Waals surface area contributed by atoms with Crippen LogP contribution in [-0.2, 0) is 11.8 Å². The first-order valence-corrected chi connectivity index (χ1v) is 10.0. The molecule has 0 aliphatic heterocycles. The Morgan fingerprint density at radius 2 is 2.15 bits per heavy atom. The topological polar surface area (TPSA) is 103 Å².